The average Bonchev–Trinajstić information content (AvgIpc) is 2.90. The third-order valence-corrected chi connectivity index (χ3v) is 3.95. The largest absolute Gasteiger partial charge is 0.379 e. The maximum Gasteiger partial charge on any atom is 0.121 e. The average molecular weight is 309 g/mol. The summed E-state index contributed by atoms with van der Waals surface area (Å²) in [5.41, 5.74) is 1.96. The Labute approximate surface area is 129 Å². The van der Waals surface area contributed by atoms with Crippen molar-refractivity contribution in [3.8, 4) is 0 Å². The molecule has 0 bridgehead atoms. The van der Waals surface area contributed by atoms with Gasteiger partial charge in [-0.1, -0.05) is 11.6 Å². The van der Waals surface area contributed by atoms with Crippen LogP contribution in [0.3, 0.4) is 0 Å². The van der Waals surface area contributed by atoms with E-state index >= 15 is 0 Å². The highest BCUT2D eigenvalue weighted by atomic mass is 35.5. The van der Waals surface area contributed by atoms with Gasteiger partial charge in [-0.15, -0.1) is 0 Å². The number of imidazole rings is 1. The lowest BCUT2D eigenvalue weighted by Gasteiger charge is -2.26. The van der Waals surface area contributed by atoms with Crippen LogP contribution < -0.4 is 5.32 Å². The molecule has 0 aliphatic carbocycles. The lowest BCUT2D eigenvalue weighted by molar-refractivity contribution is 0.0374. The highest BCUT2D eigenvalue weighted by Gasteiger charge is 2.09. The van der Waals surface area contributed by atoms with Gasteiger partial charge in [-0.2, -0.15) is 0 Å². The van der Waals surface area contributed by atoms with Gasteiger partial charge in [-0.25, -0.2) is 4.98 Å². The van der Waals surface area contributed by atoms with Crippen molar-refractivity contribution in [2.75, 3.05) is 39.4 Å². The Balaban J connectivity index is 1.40. The molecular formula is C15H21ClN4O. The van der Waals surface area contributed by atoms with Crippen LogP contribution in [0.2, 0.25) is 5.02 Å². The molecule has 3 rings (SSSR count). The standard InChI is InChI=1S/C15H21ClN4O/c16-12-2-3-13-14(10-12)19-15(18-13)11-17-4-1-5-20-6-8-21-9-7-20/h2-3,10,17H,1,4-9,11H2,(H,18,19). The Morgan fingerprint density at radius 1 is 1.33 bits per heavy atom. The van der Waals surface area contributed by atoms with Crippen molar-refractivity contribution in [3.63, 3.8) is 0 Å². The molecule has 114 valence electrons. The molecule has 1 aliphatic heterocycles. The molecule has 5 nitrogen and oxygen atoms in total. The van der Waals surface area contributed by atoms with E-state index < -0.39 is 0 Å². The minimum absolute atomic E-state index is 0.733. The lowest BCUT2D eigenvalue weighted by Crippen LogP contribution is -2.37. The number of hydrogen-bond donors (Lipinski definition) is 2. The molecule has 0 unspecified atom stereocenters. The summed E-state index contributed by atoms with van der Waals surface area (Å²) in [5.74, 6) is 0.957. The number of fused-ring (bicyclic) bond motifs is 1. The Morgan fingerprint density at radius 2 is 2.19 bits per heavy atom. The van der Waals surface area contributed by atoms with Gasteiger partial charge in [0.1, 0.15) is 5.82 Å². The number of morpholine rings is 1. The summed E-state index contributed by atoms with van der Waals surface area (Å²) in [6, 6.07) is 5.71. The van der Waals surface area contributed by atoms with E-state index in [0.717, 1.165) is 74.2 Å². The number of ether oxygens (including phenoxy) is 1. The number of halogens is 1. The molecule has 1 aliphatic rings. The normalized spacial score (nSPS) is 16.6. The van der Waals surface area contributed by atoms with Crippen LogP contribution in [0.1, 0.15) is 12.2 Å². The first-order valence-corrected chi connectivity index (χ1v) is 7.84. The summed E-state index contributed by atoms with van der Waals surface area (Å²) in [7, 11) is 0. The molecule has 1 aromatic heterocycles. The van der Waals surface area contributed by atoms with E-state index in [1.807, 2.05) is 18.2 Å². The number of H-pyrrole nitrogens is 1. The molecule has 1 aromatic carbocycles. The van der Waals surface area contributed by atoms with Crippen LogP contribution in [-0.4, -0.2) is 54.3 Å². The molecule has 2 aromatic rings. The van der Waals surface area contributed by atoms with Gasteiger partial charge in [-0.3, -0.25) is 4.90 Å². The number of hydrogen-bond acceptors (Lipinski definition) is 4. The molecule has 2 heterocycles. The van der Waals surface area contributed by atoms with Crippen LogP contribution in [0.15, 0.2) is 18.2 Å². The number of nitrogens with zero attached hydrogens (tertiary/aromatic N) is 2. The third kappa shape index (κ3) is 4.17. The zero-order valence-corrected chi connectivity index (χ0v) is 12.8. The zero-order valence-electron chi connectivity index (χ0n) is 12.1. The van der Waals surface area contributed by atoms with Gasteiger partial charge in [0.05, 0.1) is 30.8 Å². The van der Waals surface area contributed by atoms with Crippen molar-refractivity contribution in [2.24, 2.45) is 0 Å². The molecule has 0 radical (unpaired) electrons. The second kappa shape index (κ2) is 7.22. The maximum atomic E-state index is 5.97. The summed E-state index contributed by atoms with van der Waals surface area (Å²) < 4.78 is 5.34. The monoisotopic (exact) mass is 308 g/mol. The fourth-order valence-corrected chi connectivity index (χ4v) is 2.75. The van der Waals surface area contributed by atoms with Crippen molar-refractivity contribution < 1.29 is 4.74 Å². The van der Waals surface area contributed by atoms with E-state index in [-0.39, 0.29) is 0 Å². The van der Waals surface area contributed by atoms with Gasteiger partial charge < -0.3 is 15.0 Å². The molecule has 2 N–H and O–H groups in total. The molecule has 0 atom stereocenters. The highest BCUT2D eigenvalue weighted by molar-refractivity contribution is 6.31. The zero-order chi connectivity index (χ0) is 14.5. The van der Waals surface area contributed by atoms with Crippen molar-refractivity contribution in [1.29, 1.82) is 0 Å². The lowest BCUT2D eigenvalue weighted by atomic mass is 10.3. The summed E-state index contributed by atoms with van der Waals surface area (Å²) in [6.45, 7) is 6.75. The van der Waals surface area contributed by atoms with Crippen LogP contribution in [0.25, 0.3) is 11.0 Å². The quantitative estimate of drug-likeness (QED) is 0.802. The molecule has 0 saturated carbocycles. The van der Waals surface area contributed by atoms with Crippen molar-refractivity contribution >= 4 is 22.6 Å². The molecule has 0 spiro atoms. The molecule has 6 heteroatoms. The molecule has 21 heavy (non-hydrogen) atoms. The molecule has 1 saturated heterocycles. The molecule has 1 fully saturated rings. The van der Waals surface area contributed by atoms with E-state index in [2.05, 4.69) is 20.2 Å². The topological polar surface area (TPSA) is 53.2 Å². The predicted molar refractivity (Wildman–Crippen MR) is 84.7 cm³/mol. The fourth-order valence-electron chi connectivity index (χ4n) is 2.58. The smallest absolute Gasteiger partial charge is 0.121 e. The van der Waals surface area contributed by atoms with E-state index in [9.17, 15) is 0 Å². The van der Waals surface area contributed by atoms with Gasteiger partial charge in [0.25, 0.3) is 0 Å². The molecule has 0 amide bonds. The summed E-state index contributed by atoms with van der Waals surface area (Å²) in [6.07, 6.45) is 1.14. The van der Waals surface area contributed by atoms with Crippen LogP contribution in [0.5, 0.6) is 0 Å². The number of aromatic amines is 1. The van der Waals surface area contributed by atoms with Crippen molar-refractivity contribution in [2.45, 2.75) is 13.0 Å². The second-order valence-electron chi connectivity index (χ2n) is 5.33. The van der Waals surface area contributed by atoms with Gasteiger partial charge in [0.15, 0.2) is 0 Å². The van der Waals surface area contributed by atoms with Crippen LogP contribution in [-0.2, 0) is 11.3 Å². The summed E-state index contributed by atoms with van der Waals surface area (Å²) in [4.78, 5) is 10.3. The summed E-state index contributed by atoms with van der Waals surface area (Å²) in [5, 5.41) is 4.16. The van der Waals surface area contributed by atoms with Gasteiger partial charge in [0.2, 0.25) is 0 Å². The minimum Gasteiger partial charge on any atom is -0.379 e. The van der Waals surface area contributed by atoms with Crippen LogP contribution in [0, 0.1) is 0 Å². The Bertz CT molecular complexity index is 580. The Kier molecular flexibility index (Phi) is 5.08. The van der Waals surface area contributed by atoms with Gasteiger partial charge in [0, 0.05) is 18.1 Å². The number of rotatable bonds is 6. The predicted octanol–water partition coefficient (Wildman–Crippen LogP) is 2.03. The van der Waals surface area contributed by atoms with E-state index in [0.29, 0.717) is 0 Å². The number of aromatic nitrogens is 2. The van der Waals surface area contributed by atoms with Crippen molar-refractivity contribution in [3.05, 3.63) is 29.0 Å². The first-order valence-electron chi connectivity index (χ1n) is 7.46. The van der Waals surface area contributed by atoms with Gasteiger partial charge >= 0.3 is 0 Å². The van der Waals surface area contributed by atoms with E-state index in [1.54, 1.807) is 0 Å². The third-order valence-electron chi connectivity index (χ3n) is 3.72. The Hall–Kier alpha value is -1.14. The first-order chi connectivity index (χ1) is 10.3. The SMILES string of the molecule is Clc1ccc2nc(CNCCCN3CCOCC3)[nH]c2c1. The Morgan fingerprint density at radius 3 is 3.05 bits per heavy atom. The maximum absolute atomic E-state index is 5.97. The van der Waals surface area contributed by atoms with Crippen LogP contribution >= 0.6 is 11.6 Å². The van der Waals surface area contributed by atoms with Crippen molar-refractivity contribution in [1.82, 2.24) is 20.2 Å². The first kappa shape index (κ1) is 14.8. The second-order valence-corrected chi connectivity index (χ2v) is 5.77. The number of nitrogens with one attached hydrogen (secondary N) is 2. The summed E-state index contributed by atoms with van der Waals surface area (Å²) >= 11 is 5.97. The van der Waals surface area contributed by atoms with Crippen LogP contribution in [0.4, 0.5) is 0 Å². The minimum atomic E-state index is 0.733. The molecular weight excluding hydrogens is 288 g/mol. The highest BCUT2D eigenvalue weighted by Crippen LogP contribution is 2.16. The fraction of sp³-hybridized carbons (Fsp3) is 0.533. The number of benzene rings is 1. The van der Waals surface area contributed by atoms with E-state index in [1.165, 1.54) is 0 Å². The van der Waals surface area contributed by atoms with Gasteiger partial charge in [-0.05, 0) is 37.7 Å². The van der Waals surface area contributed by atoms with E-state index in [4.69, 9.17) is 16.3 Å².